The molecule has 0 fully saturated rings. The Morgan fingerprint density at radius 3 is 2.64 bits per heavy atom. The Labute approximate surface area is 153 Å². The molecule has 0 spiro atoms. The fraction of sp³-hybridized carbons (Fsp3) is 0.444. The number of methoxy groups -OCH3 is 1. The van der Waals surface area contributed by atoms with Crippen LogP contribution in [0, 0.1) is 0 Å². The number of ether oxygens (including phenoxy) is 2. The van der Waals surface area contributed by atoms with Gasteiger partial charge in [0, 0.05) is 12.1 Å². The van der Waals surface area contributed by atoms with Crippen molar-refractivity contribution >= 4 is 29.5 Å². The molecule has 0 atom stereocenters. The molecule has 2 N–H and O–H groups in total. The molecule has 7 heteroatoms. The predicted molar refractivity (Wildman–Crippen MR) is 99.1 cm³/mol. The van der Waals surface area contributed by atoms with E-state index >= 15 is 0 Å². The van der Waals surface area contributed by atoms with Crippen molar-refractivity contribution in [1.82, 2.24) is 10.6 Å². The maximum atomic E-state index is 11.8. The van der Waals surface area contributed by atoms with Crippen LogP contribution in [-0.2, 0) is 9.59 Å². The lowest BCUT2D eigenvalue weighted by atomic mass is 10.2. The Hall–Kier alpha value is -2.21. The average molecular weight is 369 g/mol. The largest absolute Gasteiger partial charge is 0.493 e. The van der Waals surface area contributed by atoms with Gasteiger partial charge in [-0.05, 0) is 44.0 Å². The molecule has 0 radical (unpaired) electrons. The fourth-order valence-electron chi connectivity index (χ4n) is 1.95. The summed E-state index contributed by atoms with van der Waals surface area (Å²) in [5, 5.41) is 5.61. The van der Waals surface area contributed by atoms with Crippen molar-refractivity contribution < 1.29 is 19.1 Å². The Bertz CT molecular complexity index is 630. The van der Waals surface area contributed by atoms with Crippen LogP contribution in [0.3, 0.4) is 0 Å². The first-order valence-electron chi connectivity index (χ1n) is 8.13. The molecule has 0 unspecified atom stereocenters. The molecule has 0 saturated carbocycles. The summed E-state index contributed by atoms with van der Waals surface area (Å²) in [6.45, 7) is 6.16. The quantitative estimate of drug-likeness (QED) is 0.657. The second-order valence-corrected chi connectivity index (χ2v) is 6.06. The second kappa shape index (κ2) is 10.6. The van der Waals surface area contributed by atoms with Crippen LogP contribution in [0.15, 0.2) is 18.2 Å². The maximum absolute atomic E-state index is 11.8. The molecular weight excluding hydrogens is 344 g/mol. The zero-order valence-electron chi connectivity index (χ0n) is 15.0. The molecule has 2 amide bonds. The highest BCUT2D eigenvalue weighted by Gasteiger charge is 2.11. The fourth-order valence-corrected chi connectivity index (χ4v) is 2.23. The lowest BCUT2D eigenvalue weighted by molar-refractivity contribution is -0.124. The van der Waals surface area contributed by atoms with E-state index in [1.165, 1.54) is 13.2 Å². The lowest BCUT2D eigenvalue weighted by Crippen LogP contribution is -2.39. The third-order valence-electron chi connectivity index (χ3n) is 3.00. The molecule has 0 aliphatic heterocycles. The van der Waals surface area contributed by atoms with Crippen LogP contribution in [-0.4, -0.2) is 38.1 Å². The van der Waals surface area contributed by atoms with E-state index in [1.54, 1.807) is 18.2 Å². The van der Waals surface area contributed by atoms with E-state index < -0.39 is 0 Å². The molecule has 1 rings (SSSR count). The van der Waals surface area contributed by atoms with Gasteiger partial charge >= 0.3 is 0 Å². The normalized spacial score (nSPS) is 10.8. The van der Waals surface area contributed by atoms with Crippen molar-refractivity contribution in [3.8, 4) is 11.5 Å². The first-order chi connectivity index (χ1) is 11.9. The van der Waals surface area contributed by atoms with Crippen LogP contribution >= 0.6 is 11.6 Å². The van der Waals surface area contributed by atoms with Gasteiger partial charge in [-0.25, -0.2) is 0 Å². The Morgan fingerprint density at radius 1 is 1.32 bits per heavy atom. The number of rotatable bonds is 9. The van der Waals surface area contributed by atoms with Gasteiger partial charge in [0.25, 0.3) is 0 Å². The number of halogens is 1. The molecule has 6 nitrogen and oxygen atoms in total. The number of hydrogen-bond acceptors (Lipinski definition) is 4. The van der Waals surface area contributed by atoms with Gasteiger partial charge in [0.15, 0.2) is 11.5 Å². The highest BCUT2D eigenvalue weighted by atomic mass is 35.5. The predicted octanol–water partition coefficient (Wildman–Crippen LogP) is 2.79. The Morgan fingerprint density at radius 2 is 2.04 bits per heavy atom. The summed E-state index contributed by atoms with van der Waals surface area (Å²) in [7, 11) is 1.53. The number of benzene rings is 1. The molecule has 0 aromatic heterocycles. The number of carbonyl (C=O) groups excluding carboxylic acids is 2. The van der Waals surface area contributed by atoms with Crippen molar-refractivity contribution in [3.05, 3.63) is 28.8 Å². The molecule has 1 aromatic rings. The van der Waals surface area contributed by atoms with E-state index in [1.807, 2.05) is 20.8 Å². The third-order valence-corrected chi connectivity index (χ3v) is 3.28. The van der Waals surface area contributed by atoms with E-state index in [2.05, 4.69) is 10.6 Å². The number of nitrogens with one attached hydrogen (secondary N) is 2. The van der Waals surface area contributed by atoms with Crippen LogP contribution in [0.25, 0.3) is 6.08 Å². The molecule has 0 aliphatic rings. The Balaban J connectivity index is 2.72. The van der Waals surface area contributed by atoms with Gasteiger partial charge in [0.2, 0.25) is 11.8 Å². The van der Waals surface area contributed by atoms with Gasteiger partial charge in [-0.3, -0.25) is 9.59 Å². The minimum Gasteiger partial charge on any atom is -0.493 e. The highest BCUT2D eigenvalue weighted by Crippen LogP contribution is 2.36. The van der Waals surface area contributed by atoms with Gasteiger partial charge in [-0.15, -0.1) is 0 Å². The van der Waals surface area contributed by atoms with E-state index in [-0.39, 0.29) is 24.4 Å². The summed E-state index contributed by atoms with van der Waals surface area (Å²) in [6, 6.07) is 3.44. The molecular formula is C18H25ClN2O4. The second-order valence-electron chi connectivity index (χ2n) is 5.66. The SMILES string of the molecule is CCCOc1c(Cl)cc(/C=C/C(=O)NCC(=O)NC(C)C)cc1OC. The molecule has 0 bridgehead atoms. The smallest absolute Gasteiger partial charge is 0.244 e. The van der Waals surface area contributed by atoms with Crippen LogP contribution in [0.1, 0.15) is 32.8 Å². The Kier molecular flexibility index (Phi) is 8.84. The average Bonchev–Trinajstić information content (AvgIpc) is 2.56. The zero-order valence-corrected chi connectivity index (χ0v) is 15.8. The highest BCUT2D eigenvalue weighted by molar-refractivity contribution is 6.32. The van der Waals surface area contributed by atoms with Crippen LogP contribution in [0.5, 0.6) is 11.5 Å². The standard InChI is InChI=1S/C18H25ClN2O4/c1-5-8-25-18-14(19)9-13(10-15(18)24-4)6-7-16(22)20-11-17(23)21-12(2)3/h6-7,9-10,12H,5,8,11H2,1-4H3,(H,20,22)(H,21,23)/b7-6+. The van der Waals surface area contributed by atoms with Crippen LogP contribution in [0.2, 0.25) is 5.02 Å². The van der Waals surface area contributed by atoms with E-state index in [4.69, 9.17) is 21.1 Å². The number of amides is 2. The van der Waals surface area contributed by atoms with E-state index in [9.17, 15) is 9.59 Å². The van der Waals surface area contributed by atoms with Crippen LogP contribution in [0.4, 0.5) is 0 Å². The van der Waals surface area contributed by atoms with Crippen molar-refractivity contribution in [2.24, 2.45) is 0 Å². The summed E-state index contributed by atoms with van der Waals surface area (Å²) in [5.41, 5.74) is 0.687. The topological polar surface area (TPSA) is 76.7 Å². The molecule has 138 valence electrons. The summed E-state index contributed by atoms with van der Waals surface area (Å²) < 4.78 is 10.9. The van der Waals surface area contributed by atoms with Crippen molar-refractivity contribution in [1.29, 1.82) is 0 Å². The van der Waals surface area contributed by atoms with Gasteiger partial charge in [0.1, 0.15) is 0 Å². The first kappa shape index (κ1) is 20.8. The number of carbonyl (C=O) groups is 2. The monoisotopic (exact) mass is 368 g/mol. The summed E-state index contributed by atoms with van der Waals surface area (Å²) in [5.74, 6) is 0.370. The zero-order chi connectivity index (χ0) is 18.8. The molecule has 0 aliphatic carbocycles. The lowest BCUT2D eigenvalue weighted by Gasteiger charge is -2.12. The molecule has 0 saturated heterocycles. The molecule has 25 heavy (non-hydrogen) atoms. The third kappa shape index (κ3) is 7.47. The van der Waals surface area contributed by atoms with Crippen LogP contribution < -0.4 is 20.1 Å². The summed E-state index contributed by atoms with van der Waals surface area (Å²) in [4.78, 5) is 23.3. The number of hydrogen-bond donors (Lipinski definition) is 2. The summed E-state index contributed by atoms with van der Waals surface area (Å²) in [6.07, 6.45) is 3.78. The van der Waals surface area contributed by atoms with Crippen molar-refractivity contribution in [3.63, 3.8) is 0 Å². The maximum Gasteiger partial charge on any atom is 0.244 e. The van der Waals surface area contributed by atoms with Gasteiger partial charge in [-0.1, -0.05) is 18.5 Å². The molecule has 1 aromatic carbocycles. The van der Waals surface area contributed by atoms with E-state index in [0.29, 0.717) is 28.7 Å². The van der Waals surface area contributed by atoms with Gasteiger partial charge in [0.05, 0.1) is 25.3 Å². The van der Waals surface area contributed by atoms with Crippen molar-refractivity contribution in [2.45, 2.75) is 33.2 Å². The first-order valence-corrected chi connectivity index (χ1v) is 8.50. The van der Waals surface area contributed by atoms with Gasteiger partial charge < -0.3 is 20.1 Å². The molecule has 0 heterocycles. The minimum atomic E-state index is -0.375. The van der Waals surface area contributed by atoms with E-state index in [0.717, 1.165) is 6.42 Å². The summed E-state index contributed by atoms with van der Waals surface area (Å²) >= 11 is 6.22. The van der Waals surface area contributed by atoms with Gasteiger partial charge in [-0.2, -0.15) is 0 Å². The van der Waals surface area contributed by atoms with Crippen molar-refractivity contribution in [2.75, 3.05) is 20.3 Å². The minimum absolute atomic E-state index is 0.0305.